The molecule has 1 rings (SSSR count). The van der Waals surface area contributed by atoms with Crippen LogP contribution >= 0.6 is 23.2 Å². The van der Waals surface area contributed by atoms with Crippen molar-refractivity contribution in [3.63, 3.8) is 0 Å². The van der Waals surface area contributed by atoms with E-state index in [-0.39, 0.29) is 0 Å². The van der Waals surface area contributed by atoms with E-state index in [4.69, 9.17) is 23.2 Å². The average Bonchev–Trinajstić information content (AvgIpc) is 2.22. The predicted molar refractivity (Wildman–Crippen MR) is 68.0 cm³/mol. The molecular weight excluding hydrogens is 229 g/mol. The van der Waals surface area contributed by atoms with Crippen molar-refractivity contribution in [2.45, 2.75) is 26.2 Å². The Hall–Kier alpha value is -0.240. The Morgan fingerprint density at radius 2 is 2.00 bits per heavy atom. The summed E-state index contributed by atoms with van der Waals surface area (Å²) in [6.45, 7) is 6.38. The van der Waals surface area contributed by atoms with Crippen molar-refractivity contribution in [3.05, 3.63) is 33.8 Å². The number of nitrogens with one attached hydrogen (secondary N) is 1. The van der Waals surface area contributed by atoms with Crippen LogP contribution in [0.1, 0.15) is 31.7 Å². The van der Waals surface area contributed by atoms with Crippen molar-refractivity contribution in [2.24, 2.45) is 0 Å². The molecule has 0 radical (unpaired) electrons. The molecule has 0 aliphatic carbocycles. The highest BCUT2D eigenvalue weighted by Crippen LogP contribution is 2.27. The molecule has 3 heteroatoms. The van der Waals surface area contributed by atoms with E-state index in [0.29, 0.717) is 16.0 Å². The number of hydrogen-bond donors (Lipinski definition) is 1. The minimum absolute atomic E-state index is 0.513. The number of hydrogen-bond acceptors (Lipinski definition) is 1. The minimum atomic E-state index is 0.513. The van der Waals surface area contributed by atoms with Crippen molar-refractivity contribution in [1.82, 2.24) is 5.32 Å². The second kappa shape index (κ2) is 6.37. The molecule has 0 aromatic heterocycles. The molecule has 0 bridgehead atoms. The fraction of sp³-hybridized carbons (Fsp3) is 0.500. The van der Waals surface area contributed by atoms with Crippen molar-refractivity contribution < 1.29 is 0 Å². The highest BCUT2D eigenvalue weighted by atomic mass is 35.5. The average molecular weight is 246 g/mol. The summed E-state index contributed by atoms with van der Waals surface area (Å²) in [7, 11) is 0. The first-order valence-corrected chi connectivity index (χ1v) is 6.06. The van der Waals surface area contributed by atoms with Crippen LogP contribution in [0.2, 0.25) is 10.0 Å². The maximum atomic E-state index is 5.97. The molecule has 0 aliphatic heterocycles. The van der Waals surface area contributed by atoms with Crippen LogP contribution in [0.5, 0.6) is 0 Å². The van der Waals surface area contributed by atoms with E-state index in [9.17, 15) is 0 Å². The molecule has 1 atom stereocenters. The fourth-order valence-electron chi connectivity index (χ4n) is 1.48. The van der Waals surface area contributed by atoms with Gasteiger partial charge >= 0.3 is 0 Å². The number of benzene rings is 1. The van der Waals surface area contributed by atoms with Crippen molar-refractivity contribution in [3.8, 4) is 0 Å². The molecule has 0 aliphatic rings. The molecule has 1 nitrogen and oxygen atoms in total. The molecule has 0 fully saturated rings. The zero-order chi connectivity index (χ0) is 11.3. The van der Waals surface area contributed by atoms with Gasteiger partial charge in [0.25, 0.3) is 0 Å². The fourth-order valence-corrected chi connectivity index (χ4v) is 1.79. The van der Waals surface area contributed by atoms with Crippen LogP contribution in [0, 0.1) is 0 Å². The largest absolute Gasteiger partial charge is 0.317 e. The van der Waals surface area contributed by atoms with E-state index in [1.165, 1.54) is 5.56 Å². The molecule has 15 heavy (non-hydrogen) atoms. The smallest absolute Gasteiger partial charge is 0.0595 e. The summed E-state index contributed by atoms with van der Waals surface area (Å²) in [6.07, 6.45) is 1.12. The summed E-state index contributed by atoms with van der Waals surface area (Å²) in [6, 6.07) is 5.87. The van der Waals surface area contributed by atoms with Crippen LogP contribution in [0.25, 0.3) is 0 Å². The first-order valence-electron chi connectivity index (χ1n) is 5.30. The molecule has 0 saturated heterocycles. The third-order valence-corrected chi connectivity index (χ3v) is 3.26. The third-order valence-electron chi connectivity index (χ3n) is 2.52. The first kappa shape index (κ1) is 12.8. The van der Waals surface area contributed by atoms with Gasteiger partial charge in [0.1, 0.15) is 0 Å². The van der Waals surface area contributed by atoms with Gasteiger partial charge in [0, 0.05) is 0 Å². The first-order chi connectivity index (χ1) is 7.15. The molecular formula is C12H17Cl2N. The van der Waals surface area contributed by atoms with Gasteiger partial charge in [-0.3, -0.25) is 0 Å². The molecule has 0 heterocycles. The van der Waals surface area contributed by atoms with E-state index in [1.807, 2.05) is 18.2 Å². The third kappa shape index (κ3) is 4.02. The highest BCUT2D eigenvalue weighted by Gasteiger charge is 2.07. The summed E-state index contributed by atoms with van der Waals surface area (Å²) in [5.41, 5.74) is 1.25. The van der Waals surface area contributed by atoms with Crippen LogP contribution in [0.4, 0.5) is 0 Å². The monoisotopic (exact) mass is 245 g/mol. The molecule has 0 spiro atoms. The Bertz CT molecular complexity index is 312. The Balaban J connectivity index is 2.57. The van der Waals surface area contributed by atoms with Crippen LogP contribution in [-0.4, -0.2) is 13.1 Å². The number of halogens is 2. The van der Waals surface area contributed by atoms with Crippen molar-refractivity contribution in [2.75, 3.05) is 13.1 Å². The summed E-state index contributed by atoms with van der Waals surface area (Å²) in [4.78, 5) is 0. The topological polar surface area (TPSA) is 12.0 Å². The van der Waals surface area contributed by atoms with Gasteiger partial charge in [0.15, 0.2) is 0 Å². The lowest BCUT2D eigenvalue weighted by Crippen LogP contribution is -2.15. The Morgan fingerprint density at radius 3 is 2.60 bits per heavy atom. The van der Waals surface area contributed by atoms with Gasteiger partial charge < -0.3 is 5.32 Å². The van der Waals surface area contributed by atoms with Gasteiger partial charge in [0.2, 0.25) is 0 Å². The maximum Gasteiger partial charge on any atom is 0.0595 e. The lowest BCUT2D eigenvalue weighted by atomic mass is 9.98. The molecule has 0 saturated carbocycles. The quantitative estimate of drug-likeness (QED) is 0.771. The van der Waals surface area contributed by atoms with Gasteiger partial charge in [0.05, 0.1) is 10.0 Å². The number of rotatable bonds is 5. The van der Waals surface area contributed by atoms with E-state index < -0.39 is 0 Å². The zero-order valence-electron chi connectivity index (χ0n) is 9.19. The van der Waals surface area contributed by atoms with Gasteiger partial charge in [-0.05, 0) is 43.1 Å². The molecule has 0 amide bonds. The van der Waals surface area contributed by atoms with Crippen LogP contribution < -0.4 is 5.32 Å². The Labute approximate surface area is 102 Å². The molecule has 1 N–H and O–H groups in total. The molecule has 1 unspecified atom stereocenters. The van der Waals surface area contributed by atoms with Gasteiger partial charge in [-0.1, -0.05) is 43.1 Å². The minimum Gasteiger partial charge on any atom is -0.317 e. The van der Waals surface area contributed by atoms with E-state index in [0.717, 1.165) is 19.5 Å². The Morgan fingerprint density at radius 1 is 1.27 bits per heavy atom. The maximum absolute atomic E-state index is 5.97. The zero-order valence-corrected chi connectivity index (χ0v) is 10.7. The molecule has 1 aromatic rings. The lowest BCUT2D eigenvalue weighted by molar-refractivity contribution is 0.609. The second-order valence-electron chi connectivity index (χ2n) is 3.72. The lowest BCUT2D eigenvalue weighted by Gasteiger charge is -2.12. The second-order valence-corrected chi connectivity index (χ2v) is 4.53. The summed E-state index contributed by atoms with van der Waals surface area (Å²) >= 11 is 11.8. The molecule has 84 valence electrons. The Kier molecular flexibility index (Phi) is 5.44. The molecule has 1 aromatic carbocycles. The summed E-state index contributed by atoms with van der Waals surface area (Å²) < 4.78 is 0. The van der Waals surface area contributed by atoms with Crippen molar-refractivity contribution in [1.29, 1.82) is 0 Å². The van der Waals surface area contributed by atoms with E-state index in [2.05, 4.69) is 19.2 Å². The SMILES string of the molecule is CCNCCC(C)c1ccc(Cl)c(Cl)c1. The standard InChI is InChI=1S/C12H17Cl2N/c1-3-15-7-6-9(2)10-4-5-11(13)12(14)8-10/h4-5,8-9,15H,3,6-7H2,1-2H3. The highest BCUT2D eigenvalue weighted by molar-refractivity contribution is 6.42. The van der Waals surface area contributed by atoms with E-state index in [1.54, 1.807) is 0 Å². The van der Waals surface area contributed by atoms with Crippen LogP contribution in [0.15, 0.2) is 18.2 Å². The van der Waals surface area contributed by atoms with Crippen LogP contribution in [0.3, 0.4) is 0 Å². The van der Waals surface area contributed by atoms with Gasteiger partial charge in [-0.2, -0.15) is 0 Å². The normalized spacial score (nSPS) is 12.8. The van der Waals surface area contributed by atoms with Crippen molar-refractivity contribution >= 4 is 23.2 Å². The van der Waals surface area contributed by atoms with Gasteiger partial charge in [-0.25, -0.2) is 0 Å². The van der Waals surface area contributed by atoms with Gasteiger partial charge in [-0.15, -0.1) is 0 Å². The van der Waals surface area contributed by atoms with E-state index >= 15 is 0 Å². The summed E-state index contributed by atoms with van der Waals surface area (Å²) in [5, 5.41) is 4.58. The predicted octanol–water partition coefficient (Wildman–Crippen LogP) is 4.10. The van der Waals surface area contributed by atoms with Crippen LogP contribution in [-0.2, 0) is 0 Å². The summed E-state index contributed by atoms with van der Waals surface area (Å²) in [5.74, 6) is 0.513.